The number of aliphatic hydroxyl groups excluding tert-OH is 1. The molecule has 4 nitrogen and oxygen atoms in total. The van der Waals surface area contributed by atoms with Crippen molar-refractivity contribution in [3.05, 3.63) is 75.9 Å². The summed E-state index contributed by atoms with van der Waals surface area (Å²) in [6, 6.07) is 14.9. The lowest BCUT2D eigenvalue weighted by Crippen LogP contribution is -2.31. The van der Waals surface area contributed by atoms with Gasteiger partial charge in [0.1, 0.15) is 0 Å². The quantitative estimate of drug-likeness (QED) is 0.764. The van der Waals surface area contributed by atoms with Crippen molar-refractivity contribution < 1.29 is 9.90 Å². The molecule has 114 valence electrons. The highest BCUT2D eigenvalue weighted by molar-refractivity contribution is 9.10. The first-order valence-corrected chi connectivity index (χ1v) is 7.62. The van der Waals surface area contributed by atoms with Crippen LogP contribution in [0, 0.1) is 0 Å². The van der Waals surface area contributed by atoms with Crippen LogP contribution in [0.3, 0.4) is 0 Å². The highest BCUT2D eigenvalue weighted by Crippen LogP contribution is 2.11. The van der Waals surface area contributed by atoms with E-state index in [4.69, 9.17) is 5.11 Å². The second kappa shape index (κ2) is 8.36. The van der Waals surface area contributed by atoms with E-state index in [1.165, 1.54) is 0 Å². The van der Waals surface area contributed by atoms with Crippen LogP contribution in [0.4, 0.5) is 4.79 Å². The smallest absolute Gasteiger partial charge is 0.319 e. The second-order valence-corrected chi connectivity index (χ2v) is 5.60. The summed E-state index contributed by atoms with van der Waals surface area (Å²) in [5.74, 6) is 0. The Morgan fingerprint density at radius 3 is 2.32 bits per heavy atom. The maximum absolute atomic E-state index is 11.7. The molecule has 0 unspecified atom stereocenters. The number of benzene rings is 2. The Balaban J connectivity index is 1.76. The minimum Gasteiger partial charge on any atom is -0.392 e. The van der Waals surface area contributed by atoms with Crippen molar-refractivity contribution in [2.24, 2.45) is 0 Å². The first-order valence-electron chi connectivity index (χ1n) is 6.82. The van der Waals surface area contributed by atoms with Crippen LogP contribution in [0.1, 0.15) is 16.7 Å². The molecule has 0 spiro atoms. The lowest BCUT2D eigenvalue weighted by Gasteiger charge is -2.05. The lowest BCUT2D eigenvalue weighted by atomic mass is 10.1. The first-order chi connectivity index (χ1) is 10.7. The maximum Gasteiger partial charge on any atom is 0.319 e. The number of rotatable bonds is 5. The van der Waals surface area contributed by atoms with Gasteiger partial charge in [-0.15, -0.1) is 0 Å². The highest BCUT2D eigenvalue weighted by atomic mass is 79.9. The van der Waals surface area contributed by atoms with E-state index in [0.29, 0.717) is 6.54 Å². The molecule has 0 saturated heterocycles. The zero-order valence-electron chi connectivity index (χ0n) is 11.9. The molecule has 0 aliphatic carbocycles. The maximum atomic E-state index is 11.7. The van der Waals surface area contributed by atoms with E-state index in [1.54, 1.807) is 6.20 Å². The van der Waals surface area contributed by atoms with Gasteiger partial charge in [-0.05, 0) is 34.9 Å². The van der Waals surface area contributed by atoms with Crippen molar-refractivity contribution in [2.75, 3.05) is 0 Å². The first kappa shape index (κ1) is 16.3. The average Bonchev–Trinajstić information content (AvgIpc) is 2.55. The predicted octanol–water partition coefficient (Wildman–Crippen LogP) is 3.41. The van der Waals surface area contributed by atoms with Gasteiger partial charge in [0.05, 0.1) is 6.61 Å². The molecule has 3 N–H and O–H groups in total. The van der Waals surface area contributed by atoms with Gasteiger partial charge in [0.2, 0.25) is 0 Å². The largest absolute Gasteiger partial charge is 0.392 e. The fourth-order valence-electron chi connectivity index (χ4n) is 1.78. The van der Waals surface area contributed by atoms with E-state index in [9.17, 15) is 4.79 Å². The highest BCUT2D eigenvalue weighted by Gasteiger charge is 1.98. The summed E-state index contributed by atoms with van der Waals surface area (Å²) in [6.45, 7) is 0.457. The van der Waals surface area contributed by atoms with Gasteiger partial charge in [0.25, 0.3) is 0 Å². The Morgan fingerprint density at radius 2 is 1.68 bits per heavy atom. The zero-order chi connectivity index (χ0) is 15.8. The standard InChI is InChI=1S/C17H17BrN2O2/c18-16-7-5-13(6-8-16)9-10-19-17(22)20-11-14-1-3-15(12-21)4-2-14/h1-10,21H,11-12H2,(H2,19,20,22)/b10-9+. The van der Waals surface area contributed by atoms with Crippen LogP contribution in [0.25, 0.3) is 6.08 Å². The molecule has 0 aliphatic heterocycles. The summed E-state index contributed by atoms with van der Waals surface area (Å²) in [4.78, 5) is 11.7. The Labute approximate surface area is 138 Å². The van der Waals surface area contributed by atoms with Crippen molar-refractivity contribution in [2.45, 2.75) is 13.2 Å². The molecular weight excluding hydrogens is 344 g/mol. The molecule has 0 fully saturated rings. The number of carbonyl (C=O) groups excluding carboxylic acids is 1. The van der Waals surface area contributed by atoms with Crippen LogP contribution in [-0.2, 0) is 13.2 Å². The van der Waals surface area contributed by atoms with Crippen LogP contribution in [0.5, 0.6) is 0 Å². The number of hydrogen-bond donors (Lipinski definition) is 3. The summed E-state index contributed by atoms with van der Waals surface area (Å²) in [5.41, 5.74) is 2.83. The Kier molecular flexibility index (Phi) is 6.18. The number of amides is 2. The van der Waals surface area contributed by atoms with Gasteiger partial charge in [-0.3, -0.25) is 0 Å². The minimum absolute atomic E-state index is 0.0229. The van der Waals surface area contributed by atoms with Gasteiger partial charge in [-0.2, -0.15) is 0 Å². The number of carbonyl (C=O) groups is 1. The fourth-order valence-corrected chi connectivity index (χ4v) is 2.05. The molecule has 2 rings (SSSR count). The molecule has 0 aromatic heterocycles. The van der Waals surface area contributed by atoms with Crippen LogP contribution >= 0.6 is 15.9 Å². The van der Waals surface area contributed by atoms with E-state index in [1.807, 2.05) is 54.6 Å². The number of aliphatic hydroxyl groups is 1. The van der Waals surface area contributed by atoms with E-state index < -0.39 is 0 Å². The van der Waals surface area contributed by atoms with E-state index in [2.05, 4.69) is 26.6 Å². The summed E-state index contributed by atoms with van der Waals surface area (Å²) < 4.78 is 1.02. The monoisotopic (exact) mass is 360 g/mol. The number of hydrogen-bond acceptors (Lipinski definition) is 2. The van der Waals surface area contributed by atoms with Crippen molar-refractivity contribution >= 4 is 28.0 Å². The normalized spacial score (nSPS) is 10.6. The van der Waals surface area contributed by atoms with Crippen LogP contribution in [0.15, 0.2) is 59.2 Å². The molecule has 0 bridgehead atoms. The third-order valence-corrected chi connectivity index (χ3v) is 3.55. The van der Waals surface area contributed by atoms with E-state index >= 15 is 0 Å². The number of nitrogens with one attached hydrogen (secondary N) is 2. The molecular formula is C17H17BrN2O2. The number of urea groups is 1. The molecule has 22 heavy (non-hydrogen) atoms. The summed E-state index contributed by atoms with van der Waals surface area (Å²) >= 11 is 3.37. The van der Waals surface area contributed by atoms with E-state index in [-0.39, 0.29) is 12.6 Å². The lowest BCUT2D eigenvalue weighted by molar-refractivity contribution is 0.244. The SMILES string of the molecule is O=C(N/C=C/c1ccc(Br)cc1)NCc1ccc(CO)cc1. The number of halogens is 1. The van der Waals surface area contributed by atoms with Crippen LogP contribution in [0.2, 0.25) is 0 Å². The second-order valence-electron chi connectivity index (χ2n) is 4.69. The van der Waals surface area contributed by atoms with Crippen molar-refractivity contribution in [1.29, 1.82) is 0 Å². The molecule has 0 atom stereocenters. The molecule has 2 amide bonds. The van der Waals surface area contributed by atoms with Crippen molar-refractivity contribution in [1.82, 2.24) is 10.6 Å². The van der Waals surface area contributed by atoms with Crippen LogP contribution in [-0.4, -0.2) is 11.1 Å². The summed E-state index contributed by atoms with van der Waals surface area (Å²) in [6.07, 6.45) is 3.43. The van der Waals surface area contributed by atoms with Gasteiger partial charge in [-0.1, -0.05) is 52.3 Å². The molecule has 0 aliphatic rings. The van der Waals surface area contributed by atoms with Gasteiger partial charge in [0, 0.05) is 17.2 Å². The Morgan fingerprint density at radius 1 is 1.05 bits per heavy atom. The van der Waals surface area contributed by atoms with Gasteiger partial charge < -0.3 is 15.7 Å². The fraction of sp³-hybridized carbons (Fsp3) is 0.118. The van der Waals surface area contributed by atoms with Gasteiger partial charge >= 0.3 is 6.03 Å². The third-order valence-electron chi connectivity index (χ3n) is 3.02. The minimum atomic E-state index is -0.264. The van der Waals surface area contributed by atoms with E-state index in [0.717, 1.165) is 21.2 Å². The average molecular weight is 361 g/mol. The molecule has 0 saturated carbocycles. The van der Waals surface area contributed by atoms with Crippen molar-refractivity contribution in [3.8, 4) is 0 Å². The summed E-state index contributed by atoms with van der Waals surface area (Å²) in [5, 5.41) is 14.4. The molecule has 0 radical (unpaired) electrons. The molecule has 2 aromatic carbocycles. The Hall–Kier alpha value is -2.11. The third kappa shape index (κ3) is 5.35. The molecule has 0 heterocycles. The molecule has 2 aromatic rings. The molecule has 5 heteroatoms. The topological polar surface area (TPSA) is 61.4 Å². The van der Waals surface area contributed by atoms with Crippen molar-refractivity contribution in [3.63, 3.8) is 0 Å². The van der Waals surface area contributed by atoms with Gasteiger partial charge in [-0.25, -0.2) is 4.79 Å². The zero-order valence-corrected chi connectivity index (χ0v) is 13.5. The predicted molar refractivity (Wildman–Crippen MR) is 90.9 cm³/mol. The Bertz CT molecular complexity index is 637. The van der Waals surface area contributed by atoms with Crippen LogP contribution < -0.4 is 10.6 Å². The van der Waals surface area contributed by atoms with Gasteiger partial charge in [0.15, 0.2) is 0 Å². The summed E-state index contributed by atoms with van der Waals surface area (Å²) in [7, 11) is 0.